The molecular formula is C30H34ClN3O3. The highest BCUT2D eigenvalue weighted by atomic mass is 35.5. The molecule has 194 valence electrons. The summed E-state index contributed by atoms with van der Waals surface area (Å²) in [7, 11) is 0. The smallest absolute Gasteiger partial charge is 0.262 e. The number of benzene rings is 3. The lowest BCUT2D eigenvalue weighted by molar-refractivity contribution is -0.118. The Bertz CT molecular complexity index is 1190. The Morgan fingerprint density at radius 1 is 1.00 bits per heavy atom. The third-order valence-corrected chi connectivity index (χ3v) is 6.70. The van der Waals surface area contributed by atoms with Gasteiger partial charge in [0, 0.05) is 35.5 Å². The Hall–Kier alpha value is -3.51. The van der Waals surface area contributed by atoms with Crippen molar-refractivity contribution in [3.63, 3.8) is 0 Å². The van der Waals surface area contributed by atoms with Gasteiger partial charge in [0.05, 0.1) is 5.56 Å². The summed E-state index contributed by atoms with van der Waals surface area (Å²) in [4.78, 5) is 27.9. The second kappa shape index (κ2) is 12.6. The van der Waals surface area contributed by atoms with Gasteiger partial charge in [0.1, 0.15) is 5.75 Å². The SMILES string of the molecule is CC(C)NC(=O)c1cc(NC(=O)COc2ccc(Cl)cc2)ccc1N1CCC(Cc2ccccc2)CC1. The van der Waals surface area contributed by atoms with Crippen molar-refractivity contribution in [1.29, 1.82) is 0 Å². The first-order valence-electron chi connectivity index (χ1n) is 12.8. The van der Waals surface area contributed by atoms with E-state index in [0.717, 1.165) is 38.0 Å². The van der Waals surface area contributed by atoms with Crippen LogP contribution in [0.5, 0.6) is 5.75 Å². The minimum Gasteiger partial charge on any atom is -0.484 e. The number of amides is 2. The molecule has 0 saturated carbocycles. The van der Waals surface area contributed by atoms with Crippen molar-refractivity contribution in [3.05, 3.63) is 88.9 Å². The van der Waals surface area contributed by atoms with Crippen LogP contribution >= 0.6 is 11.6 Å². The molecule has 1 aliphatic rings. The number of rotatable bonds is 9. The molecule has 3 aromatic rings. The predicted octanol–water partition coefficient (Wildman–Crippen LogP) is 5.95. The molecule has 0 aliphatic carbocycles. The average molecular weight is 520 g/mol. The second-order valence-electron chi connectivity index (χ2n) is 9.77. The van der Waals surface area contributed by atoms with Crippen LogP contribution < -0.4 is 20.3 Å². The Labute approximate surface area is 224 Å². The van der Waals surface area contributed by atoms with E-state index in [1.165, 1.54) is 5.56 Å². The fourth-order valence-corrected chi connectivity index (χ4v) is 4.74. The predicted molar refractivity (Wildman–Crippen MR) is 150 cm³/mol. The van der Waals surface area contributed by atoms with E-state index in [-0.39, 0.29) is 24.5 Å². The Morgan fingerprint density at radius 3 is 2.38 bits per heavy atom. The molecule has 4 rings (SSSR count). The molecule has 0 radical (unpaired) electrons. The zero-order valence-electron chi connectivity index (χ0n) is 21.4. The topological polar surface area (TPSA) is 70.7 Å². The summed E-state index contributed by atoms with van der Waals surface area (Å²) in [6.45, 7) is 5.50. The zero-order chi connectivity index (χ0) is 26.2. The quantitative estimate of drug-likeness (QED) is 0.366. The lowest BCUT2D eigenvalue weighted by atomic mass is 9.89. The van der Waals surface area contributed by atoms with Gasteiger partial charge in [-0.1, -0.05) is 41.9 Å². The summed E-state index contributed by atoms with van der Waals surface area (Å²) in [5.41, 5.74) is 3.39. The van der Waals surface area contributed by atoms with E-state index in [1.54, 1.807) is 30.3 Å². The molecule has 0 spiro atoms. The molecule has 7 heteroatoms. The second-order valence-corrected chi connectivity index (χ2v) is 10.2. The van der Waals surface area contributed by atoms with Crippen molar-refractivity contribution < 1.29 is 14.3 Å². The summed E-state index contributed by atoms with van der Waals surface area (Å²) in [5, 5.41) is 6.45. The van der Waals surface area contributed by atoms with E-state index >= 15 is 0 Å². The summed E-state index contributed by atoms with van der Waals surface area (Å²) in [5.74, 6) is 0.734. The minimum absolute atomic E-state index is 0.00276. The molecule has 0 aromatic heterocycles. The van der Waals surface area contributed by atoms with Crippen LogP contribution in [0.1, 0.15) is 42.6 Å². The van der Waals surface area contributed by atoms with Crippen molar-refractivity contribution in [2.75, 3.05) is 29.9 Å². The van der Waals surface area contributed by atoms with Crippen LogP contribution in [0.2, 0.25) is 5.02 Å². The zero-order valence-corrected chi connectivity index (χ0v) is 22.1. The van der Waals surface area contributed by atoms with Gasteiger partial charge >= 0.3 is 0 Å². The van der Waals surface area contributed by atoms with E-state index in [9.17, 15) is 9.59 Å². The van der Waals surface area contributed by atoms with Gasteiger partial charge in [-0.3, -0.25) is 9.59 Å². The number of carbonyl (C=O) groups is 2. The lowest BCUT2D eigenvalue weighted by Crippen LogP contribution is -2.37. The maximum atomic E-state index is 13.1. The molecule has 1 aliphatic heterocycles. The third-order valence-electron chi connectivity index (χ3n) is 6.45. The molecular weight excluding hydrogens is 486 g/mol. The maximum Gasteiger partial charge on any atom is 0.262 e. The van der Waals surface area contributed by atoms with Crippen molar-refractivity contribution in [1.82, 2.24) is 5.32 Å². The molecule has 0 bridgehead atoms. The van der Waals surface area contributed by atoms with E-state index in [2.05, 4.69) is 45.9 Å². The van der Waals surface area contributed by atoms with Crippen molar-refractivity contribution in [3.8, 4) is 5.75 Å². The number of halogens is 1. The van der Waals surface area contributed by atoms with Crippen LogP contribution in [-0.2, 0) is 11.2 Å². The summed E-state index contributed by atoms with van der Waals surface area (Å²) >= 11 is 5.89. The van der Waals surface area contributed by atoms with E-state index < -0.39 is 0 Å². The fourth-order valence-electron chi connectivity index (χ4n) is 4.61. The van der Waals surface area contributed by atoms with E-state index in [0.29, 0.717) is 27.9 Å². The third kappa shape index (κ3) is 7.73. The Morgan fingerprint density at radius 2 is 1.70 bits per heavy atom. The van der Waals surface area contributed by atoms with Crippen LogP contribution in [-0.4, -0.2) is 37.6 Å². The average Bonchev–Trinajstić information content (AvgIpc) is 2.89. The molecule has 2 amide bonds. The monoisotopic (exact) mass is 519 g/mol. The van der Waals surface area contributed by atoms with Gasteiger partial charge in [-0.05, 0) is 87.1 Å². The first-order chi connectivity index (χ1) is 17.9. The van der Waals surface area contributed by atoms with E-state index in [1.807, 2.05) is 26.0 Å². The van der Waals surface area contributed by atoms with Crippen LogP contribution in [0, 0.1) is 5.92 Å². The molecule has 37 heavy (non-hydrogen) atoms. The largest absolute Gasteiger partial charge is 0.484 e. The maximum absolute atomic E-state index is 13.1. The van der Waals surface area contributed by atoms with Gasteiger partial charge < -0.3 is 20.3 Å². The first kappa shape index (κ1) is 26.6. The van der Waals surface area contributed by atoms with Crippen molar-refractivity contribution >= 4 is 34.8 Å². The number of nitrogens with one attached hydrogen (secondary N) is 2. The number of hydrogen-bond donors (Lipinski definition) is 2. The van der Waals surface area contributed by atoms with Crippen LogP contribution in [0.15, 0.2) is 72.8 Å². The van der Waals surface area contributed by atoms with Crippen LogP contribution in [0.4, 0.5) is 11.4 Å². The standard InChI is InChI=1S/C30H34ClN3O3/c1-21(2)32-30(36)27-19-25(33-29(35)20-37-26-11-8-24(31)9-12-26)10-13-28(27)34-16-14-23(15-17-34)18-22-6-4-3-5-7-22/h3-13,19,21,23H,14-18,20H2,1-2H3,(H,32,36)(H,33,35). The normalized spacial score (nSPS) is 13.9. The summed E-state index contributed by atoms with van der Waals surface area (Å²) in [6.07, 6.45) is 3.22. The van der Waals surface area contributed by atoms with Gasteiger partial charge in [-0.25, -0.2) is 0 Å². The highest BCUT2D eigenvalue weighted by Gasteiger charge is 2.24. The van der Waals surface area contributed by atoms with Gasteiger partial charge in [0.15, 0.2) is 6.61 Å². The molecule has 1 fully saturated rings. The van der Waals surface area contributed by atoms with Crippen molar-refractivity contribution in [2.45, 2.75) is 39.2 Å². The molecule has 3 aromatic carbocycles. The number of nitrogens with zero attached hydrogens (tertiary/aromatic N) is 1. The molecule has 1 saturated heterocycles. The van der Waals surface area contributed by atoms with Gasteiger partial charge in [-0.2, -0.15) is 0 Å². The Kier molecular flexibility index (Phi) is 9.07. The van der Waals surface area contributed by atoms with E-state index in [4.69, 9.17) is 16.3 Å². The summed E-state index contributed by atoms with van der Waals surface area (Å²) in [6, 6.07) is 23.0. The van der Waals surface area contributed by atoms with Gasteiger partial charge in [0.2, 0.25) is 0 Å². The first-order valence-corrected chi connectivity index (χ1v) is 13.2. The number of carbonyl (C=O) groups excluding carboxylic acids is 2. The summed E-state index contributed by atoms with van der Waals surface area (Å²) < 4.78 is 5.54. The fraction of sp³-hybridized carbons (Fsp3) is 0.333. The molecule has 2 N–H and O–H groups in total. The number of anilines is 2. The minimum atomic E-state index is -0.306. The van der Waals surface area contributed by atoms with Crippen molar-refractivity contribution in [2.24, 2.45) is 5.92 Å². The highest BCUT2D eigenvalue weighted by molar-refractivity contribution is 6.30. The molecule has 0 atom stereocenters. The Balaban J connectivity index is 1.42. The molecule has 0 unspecified atom stereocenters. The van der Waals surface area contributed by atoms with Crippen LogP contribution in [0.25, 0.3) is 0 Å². The van der Waals surface area contributed by atoms with Gasteiger partial charge in [0.25, 0.3) is 11.8 Å². The number of ether oxygens (including phenoxy) is 1. The highest BCUT2D eigenvalue weighted by Crippen LogP contribution is 2.30. The lowest BCUT2D eigenvalue weighted by Gasteiger charge is -2.35. The molecule has 1 heterocycles. The van der Waals surface area contributed by atoms with Gasteiger partial charge in [-0.15, -0.1) is 0 Å². The number of hydrogen-bond acceptors (Lipinski definition) is 4. The van der Waals surface area contributed by atoms with Crippen LogP contribution in [0.3, 0.4) is 0 Å². The molecule has 6 nitrogen and oxygen atoms in total. The number of piperidine rings is 1.